The van der Waals surface area contributed by atoms with Gasteiger partial charge < -0.3 is 5.11 Å². The van der Waals surface area contributed by atoms with E-state index >= 15 is 0 Å². The van der Waals surface area contributed by atoms with Crippen LogP contribution in [0.2, 0.25) is 0 Å². The van der Waals surface area contributed by atoms with E-state index in [1.807, 2.05) is 13.8 Å². The molecule has 1 atom stereocenters. The van der Waals surface area contributed by atoms with Gasteiger partial charge >= 0.3 is 5.97 Å². The van der Waals surface area contributed by atoms with Crippen LogP contribution >= 0.6 is 15.9 Å². The molecule has 1 unspecified atom stereocenters. The van der Waals surface area contributed by atoms with Gasteiger partial charge in [0.1, 0.15) is 0 Å². The SMILES string of the molecule is Cc1nn(C(C)CC(=O)O)cc1Br. The summed E-state index contributed by atoms with van der Waals surface area (Å²) in [6.07, 6.45) is 1.89. The van der Waals surface area contributed by atoms with Crippen LogP contribution in [0.4, 0.5) is 0 Å². The molecule has 72 valence electrons. The Balaban J connectivity index is 2.77. The number of halogens is 1. The summed E-state index contributed by atoms with van der Waals surface area (Å²) in [5.74, 6) is -0.809. The van der Waals surface area contributed by atoms with Crippen molar-refractivity contribution in [3.63, 3.8) is 0 Å². The Kier molecular flexibility index (Phi) is 3.08. The number of aromatic nitrogens is 2. The molecule has 13 heavy (non-hydrogen) atoms. The van der Waals surface area contributed by atoms with Crippen LogP contribution in [0.15, 0.2) is 10.7 Å². The molecular formula is C8H11BrN2O2. The van der Waals surface area contributed by atoms with Gasteiger partial charge in [-0.25, -0.2) is 0 Å². The molecule has 0 aliphatic rings. The molecule has 0 aliphatic heterocycles. The van der Waals surface area contributed by atoms with E-state index in [4.69, 9.17) is 5.11 Å². The fourth-order valence-electron chi connectivity index (χ4n) is 1.03. The Hall–Kier alpha value is -0.840. The molecule has 0 bridgehead atoms. The molecule has 1 N–H and O–H groups in total. The maximum atomic E-state index is 10.4. The molecule has 0 saturated heterocycles. The molecular weight excluding hydrogens is 236 g/mol. The maximum absolute atomic E-state index is 10.4. The van der Waals surface area contributed by atoms with Gasteiger partial charge in [-0.15, -0.1) is 0 Å². The normalized spacial score (nSPS) is 12.8. The summed E-state index contributed by atoms with van der Waals surface area (Å²) in [5, 5.41) is 12.7. The molecule has 1 aromatic heterocycles. The van der Waals surface area contributed by atoms with E-state index in [0.29, 0.717) is 0 Å². The predicted octanol–water partition coefficient (Wildman–Crippen LogP) is 1.99. The lowest BCUT2D eigenvalue weighted by atomic mass is 10.2. The summed E-state index contributed by atoms with van der Waals surface area (Å²) in [4.78, 5) is 10.4. The highest BCUT2D eigenvalue weighted by molar-refractivity contribution is 9.10. The van der Waals surface area contributed by atoms with E-state index in [2.05, 4.69) is 21.0 Å². The highest BCUT2D eigenvalue weighted by Crippen LogP contribution is 2.17. The molecule has 0 fully saturated rings. The number of hydrogen-bond donors (Lipinski definition) is 1. The van der Waals surface area contributed by atoms with Crippen LogP contribution in [0.1, 0.15) is 25.1 Å². The van der Waals surface area contributed by atoms with E-state index in [1.54, 1.807) is 10.9 Å². The van der Waals surface area contributed by atoms with Crippen LogP contribution < -0.4 is 0 Å². The Morgan fingerprint density at radius 3 is 2.85 bits per heavy atom. The molecule has 0 aliphatic carbocycles. The van der Waals surface area contributed by atoms with Crippen LogP contribution in [0.3, 0.4) is 0 Å². The maximum Gasteiger partial charge on any atom is 0.305 e. The van der Waals surface area contributed by atoms with Crippen LogP contribution in [0, 0.1) is 6.92 Å². The number of rotatable bonds is 3. The lowest BCUT2D eigenvalue weighted by molar-refractivity contribution is -0.137. The zero-order valence-electron chi connectivity index (χ0n) is 7.49. The topological polar surface area (TPSA) is 55.1 Å². The van der Waals surface area contributed by atoms with E-state index < -0.39 is 5.97 Å². The van der Waals surface area contributed by atoms with Crippen molar-refractivity contribution < 1.29 is 9.90 Å². The summed E-state index contributed by atoms with van der Waals surface area (Å²) in [7, 11) is 0. The summed E-state index contributed by atoms with van der Waals surface area (Å²) < 4.78 is 2.57. The number of aryl methyl sites for hydroxylation is 1. The monoisotopic (exact) mass is 246 g/mol. The first-order chi connectivity index (χ1) is 6.00. The van der Waals surface area contributed by atoms with Gasteiger partial charge in [0.15, 0.2) is 0 Å². The largest absolute Gasteiger partial charge is 0.481 e. The molecule has 0 aromatic carbocycles. The molecule has 0 radical (unpaired) electrons. The number of nitrogens with zero attached hydrogens (tertiary/aromatic N) is 2. The zero-order valence-corrected chi connectivity index (χ0v) is 9.08. The van der Waals surface area contributed by atoms with E-state index in [9.17, 15) is 4.79 Å². The van der Waals surface area contributed by atoms with Gasteiger partial charge in [0.2, 0.25) is 0 Å². The number of carbonyl (C=O) groups is 1. The minimum absolute atomic E-state index is 0.0908. The van der Waals surface area contributed by atoms with Gasteiger partial charge in [0.25, 0.3) is 0 Å². The van der Waals surface area contributed by atoms with Crippen molar-refractivity contribution in [2.24, 2.45) is 0 Å². The smallest absolute Gasteiger partial charge is 0.305 e. The third-order valence-electron chi connectivity index (χ3n) is 1.78. The number of carboxylic acid groups (broad SMARTS) is 1. The molecule has 0 spiro atoms. The fourth-order valence-corrected chi connectivity index (χ4v) is 1.32. The summed E-state index contributed by atoms with van der Waals surface area (Å²) in [5.41, 5.74) is 0.872. The van der Waals surface area contributed by atoms with Crippen molar-refractivity contribution in [1.29, 1.82) is 0 Å². The van der Waals surface area contributed by atoms with Crippen molar-refractivity contribution in [2.45, 2.75) is 26.3 Å². The van der Waals surface area contributed by atoms with Crippen LogP contribution in [-0.4, -0.2) is 20.9 Å². The third-order valence-corrected chi connectivity index (χ3v) is 2.56. The minimum atomic E-state index is -0.809. The summed E-state index contributed by atoms with van der Waals surface area (Å²) in [6.45, 7) is 3.70. The molecule has 0 amide bonds. The predicted molar refractivity (Wildman–Crippen MR) is 51.6 cm³/mol. The zero-order chi connectivity index (χ0) is 10.0. The Bertz CT molecular complexity index is 302. The number of carboxylic acids is 1. The van der Waals surface area contributed by atoms with Gasteiger partial charge in [-0.1, -0.05) is 0 Å². The van der Waals surface area contributed by atoms with Crippen molar-refractivity contribution in [1.82, 2.24) is 9.78 Å². The standard InChI is InChI=1S/C8H11BrN2O2/c1-5(3-8(12)13)11-4-7(9)6(2)10-11/h4-5H,3H2,1-2H3,(H,12,13). The molecule has 5 heteroatoms. The van der Waals surface area contributed by atoms with Gasteiger partial charge in [-0.05, 0) is 29.8 Å². The minimum Gasteiger partial charge on any atom is -0.481 e. The summed E-state index contributed by atoms with van der Waals surface area (Å²) in [6, 6.07) is -0.109. The van der Waals surface area contributed by atoms with Gasteiger partial charge in [-0.2, -0.15) is 5.10 Å². The van der Waals surface area contributed by atoms with Crippen molar-refractivity contribution in [3.05, 3.63) is 16.4 Å². The van der Waals surface area contributed by atoms with Crippen molar-refractivity contribution >= 4 is 21.9 Å². The second-order valence-corrected chi connectivity index (χ2v) is 3.84. The first-order valence-corrected chi connectivity index (χ1v) is 4.73. The van der Waals surface area contributed by atoms with Crippen molar-refractivity contribution in [2.75, 3.05) is 0 Å². The van der Waals surface area contributed by atoms with Crippen LogP contribution in [-0.2, 0) is 4.79 Å². The first kappa shape index (κ1) is 10.2. The second-order valence-electron chi connectivity index (χ2n) is 2.99. The highest BCUT2D eigenvalue weighted by atomic mass is 79.9. The quantitative estimate of drug-likeness (QED) is 0.888. The molecule has 1 aromatic rings. The van der Waals surface area contributed by atoms with Crippen LogP contribution in [0.5, 0.6) is 0 Å². The number of aliphatic carboxylic acids is 1. The fraction of sp³-hybridized carbons (Fsp3) is 0.500. The second kappa shape index (κ2) is 3.91. The van der Waals surface area contributed by atoms with E-state index in [1.165, 1.54) is 0 Å². The lowest BCUT2D eigenvalue weighted by Gasteiger charge is -2.08. The van der Waals surface area contributed by atoms with Gasteiger partial charge in [0, 0.05) is 6.20 Å². The molecule has 1 rings (SSSR count). The molecule has 4 nitrogen and oxygen atoms in total. The summed E-state index contributed by atoms with van der Waals surface area (Å²) >= 11 is 3.32. The average Bonchev–Trinajstić information content (AvgIpc) is 2.31. The Morgan fingerprint density at radius 1 is 1.85 bits per heavy atom. The number of hydrogen-bond acceptors (Lipinski definition) is 2. The van der Waals surface area contributed by atoms with Gasteiger partial charge in [-0.3, -0.25) is 9.48 Å². The van der Waals surface area contributed by atoms with Crippen LogP contribution in [0.25, 0.3) is 0 Å². The molecule has 1 heterocycles. The highest BCUT2D eigenvalue weighted by Gasteiger charge is 2.11. The average molecular weight is 247 g/mol. The molecule has 0 saturated carbocycles. The van der Waals surface area contributed by atoms with E-state index in [0.717, 1.165) is 10.2 Å². The Labute approximate surface area is 84.7 Å². The first-order valence-electron chi connectivity index (χ1n) is 3.93. The lowest BCUT2D eigenvalue weighted by Crippen LogP contribution is -2.10. The Morgan fingerprint density at radius 2 is 2.46 bits per heavy atom. The van der Waals surface area contributed by atoms with Gasteiger partial charge in [0.05, 0.1) is 22.6 Å². The third kappa shape index (κ3) is 2.55. The van der Waals surface area contributed by atoms with Crippen molar-refractivity contribution in [3.8, 4) is 0 Å². The van der Waals surface area contributed by atoms with E-state index in [-0.39, 0.29) is 12.5 Å².